The summed E-state index contributed by atoms with van der Waals surface area (Å²) in [6.07, 6.45) is 19.0. The summed E-state index contributed by atoms with van der Waals surface area (Å²) in [7, 11) is 0. The van der Waals surface area contributed by atoms with Crippen molar-refractivity contribution in [2.24, 2.45) is 16.7 Å². The van der Waals surface area contributed by atoms with E-state index in [2.05, 4.69) is 40.9 Å². The van der Waals surface area contributed by atoms with E-state index >= 15 is 0 Å². The number of ether oxygens (including phenoxy) is 2. The fourth-order valence-corrected chi connectivity index (χ4v) is 5.32. The van der Waals surface area contributed by atoms with Gasteiger partial charge in [-0.1, -0.05) is 98.6 Å². The first-order valence-corrected chi connectivity index (χ1v) is 12.8. The third-order valence-electron chi connectivity index (χ3n) is 8.05. The Hall–Kier alpha value is -1.58. The highest BCUT2D eigenvalue weighted by molar-refractivity contribution is 5.81. The molecule has 0 aromatic carbocycles. The van der Waals surface area contributed by atoms with E-state index in [0.29, 0.717) is 17.9 Å². The molecule has 0 aromatic rings. The lowest BCUT2D eigenvalue weighted by Crippen LogP contribution is -2.38. The second-order valence-electron chi connectivity index (χ2n) is 10.3. The molecule has 0 aromatic heterocycles. The average molecular weight is 449 g/mol. The normalized spacial score (nSPS) is 24.9. The molecule has 0 spiro atoms. The molecule has 4 nitrogen and oxygen atoms in total. The Balaban J connectivity index is 0.000000321. The highest BCUT2D eigenvalue weighted by Crippen LogP contribution is 2.66. The molecule has 0 heterocycles. The maximum absolute atomic E-state index is 11.3. The summed E-state index contributed by atoms with van der Waals surface area (Å²) < 4.78 is 10.4. The highest BCUT2D eigenvalue weighted by atomic mass is 16.5. The zero-order valence-corrected chi connectivity index (χ0v) is 21.3. The molecule has 3 atom stereocenters. The number of esters is 2. The van der Waals surface area contributed by atoms with Gasteiger partial charge in [-0.15, -0.1) is 0 Å². The van der Waals surface area contributed by atoms with Crippen LogP contribution in [0.3, 0.4) is 0 Å². The Labute approximate surface area is 197 Å². The van der Waals surface area contributed by atoms with Crippen LogP contribution in [0.25, 0.3) is 0 Å². The van der Waals surface area contributed by atoms with Crippen molar-refractivity contribution in [2.45, 2.75) is 117 Å². The van der Waals surface area contributed by atoms with E-state index < -0.39 is 0 Å². The standard InChI is InChI=1S/C15H28O2.C13H20O2/c1-3-5-6-7-8-9-10-11-12-13-14-17-15(16)4-2;1-5-11(14)15-10-8-9-6-7-13(10,4)12(9,2)3/h4H,2-3,5-14H2,1H3;5,9-10H,1,6-8H2,2-4H3/t;9-,10-,13+/m.0/s1. The molecule has 2 aliphatic rings. The maximum atomic E-state index is 11.3. The predicted molar refractivity (Wildman–Crippen MR) is 132 cm³/mol. The van der Waals surface area contributed by atoms with Crippen molar-refractivity contribution in [2.75, 3.05) is 6.61 Å². The molecule has 0 radical (unpaired) electrons. The number of carbonyl (C=O) groups is 2. The molecule has 0 unspecified atom stereocenters. The first-order chi connectivity index (χ1) is 15.2. The van der Waals surface area contributed by atoms with Crippen LogP contribution in [0.1, 0.15) is 111 Å². The van der Waals surface area contributed by atoms with Gasteiger partial charge in [-0.05, 0) is 37.0 Å². The molecule has 2 rings (SSSR count). The minimum atomic E-state index is -0.305. The van der Waals surface area contributed by atoms with Gasteiger partial charge in [0, 0.05) is 17.6 Å². The van der Waals surface area contributed by atoms with Crippen LogP contribution in [0, 0.1) is 16.7 Å². The average Bonchev–Trinajstić information content (AvgIpc) is 3.11. The number of hydrogen-bond donors (Lipinski definition) is 0. The second kappa shape index (κ2) is 14.5. The third-order valence-corrected chi connectivity index (χ3v) is 8.05. The van der Waals surface area contributed by atoms with Crippen LogP contribution in [0.15, 0.2) is 25.3 Å². The van der Waals surface area contributed by atoms with E-state index in [0.717, 1.165) is 12.8 Å². The lowest BCUT2D eigenvalue weighted by Gasteiger charge is -2.38. The number of rotatable bonds is 14. The summed E-state index contributed by atoms with van der Waals surface area (Å²) in [6, 6.07) is 0. The second-order valence-corrected chi connectivity index (χ2v) is 10.3. The van der Waals surface area contributed by atoms with Gasteiger partial charge in [-0.3, -0.25) is 0 Å². The lowest BCUT2D eigenvalue weighted by molar-refractivity contribution is -0.150. The van der Waals surface area contributed by atoms with Crippen LogP contribution >= 0.6 is 0 Å². The minimum Gasteiger partial charge on any atom is -0.463 e. The Kier molecular flexibility index (Phi) is 12.9. The molecule has 2 aliphatic carbocycles. The van der Waals surface area contributed by atoms with Crippen LogP contribution in [0.5, 0.6) is 0 Å². The molecular formula is C28H48O4. The third kappa shape index (κ3) is 8.41. The van der Waals surface area contributed by atoms with Gasteiger partial charge in [0.1, 0.15) is 6.10 Å². The van der Waals surface area contributed by atoms with Gasteiger partial charge >= 0.3 is 11.9 Å². The Bertz CT molecular complexity index is 594. The lowest BCUT2D eigenvalue weighted by atomic mass is 9.70. The van der Waals surface area contributed by atoms with Gasteiger partial charge in [0.15, 0.2) is 0 Å². The Morgan fingerprint density at radius 2 is 1.41 bits per heavy atom. The number of unbranched alkanes of at least 4 members (excludes halogenated alkanes) is 9. The van der Waals surface area contributed by atoms with Gasteiger partial charge in [0.25, 0.3) is 0 Å². The SMILES string of the molecule is C=CC(=O)OCCCCCCCCCCCC.C=CC(=O)O[C@H]1C[C@@H]2CC[C@@]1(C)C2(C)C. The van der Waals surface area contributed by atoms with Crippen molar-refractivity contribution in [1.29, 1.82) is 0 Å². The summed E-state index contributed by atoms with van der Waals surface area (Å²) >= 11 is 0. The molecule has 2 bridgehead atoms. The number of hydrogen-bond acceptors (Lipinski definition) is 4. The first-order valence-electron chi connectivity index (χ1n) is 12.8. The fraction of sp³-hybridized carbons (Fsp3) is 0.786. The van der Waals surface area contributed by atoms with Gasteiger partial charge in [-0.2, -0.15) is 0 Å². The van der Waals surface area contributed by atoms with Gasteiger partial charge in [0.2, 0.25) is 0 Å². The molecule has 2 saturated carbocycles. The van der Waals surface area contributed by atoms with E-state index in [1.807, 2.05) is 0 Å². The molecule has 2 fully saturated rings. The summed E-state index contributed by atoms with van der Waals surface area (Å²) in [6.45, 7) is 16.5. The summed E-state index contributed by atoms with van der Waals surface area (Å²) in [4.78, 5) is 22.0. The van der Waals surface area contributed by atoms with Gasteiger partial charge < -0.3 is 9.47 Å². The smallest absolute Gasteiger partial charge is 0.330 e. The van der Waals surface area contributed by atoms with Crippen molar-refractivity contribution < 1.29 is 19.1 Å². The largest absolute Gasteiger partial charge is 0.463 e. The van der Waals surface area contributed by atoms with E-state index in [-0.39, 0.29) is 23.5 Å². The maximum Gasteiger partial charge on any atom is 0.330 e. The van der Waals surface area contributed by atoms with Crippen LogP contribution in [0.4, 0.5) is 0 Å². The molecule has 184 valence electrons. The molecule has 32 heavy (non-hydrogen) atoms. The molecule has 0 aliphatic heterocycles. The fourth-order valence-electron chi connectivity index (χ4n) is 5.32. The summed E-state index contributed by atoms with van der Waals surface area (Å²) in [5, 5.41) is 0. The zero-order valence-electron chi connectivity index (χ0n) is 21.3. The van der Waals surface area contributed by atoms with E-state index in [9.17, 15) is 9.59 Å². The van der Waals surface area contributed by atoms with Crippen LogP contribution < -0.4 is 0 Å². The Morgan fingerprint density at radius 1 is 0.875 bits per heavy atom. The van der Waals surface area contributed by atoms with Crippen molar-refractivity contribution in [3.63, 3.8) is 0 Å². The van der Waals surface area contributed by atoms with E-state index in [1.54, 1.807) is 0 Å². The predicted octanol–water partition coefficient (Wildman–Crippen LogP) is 7.57. The molecular weight excluding hydrogens is 400 g/mol. The minimum absolute atomic E-state index is 0.0942. The van der Waals surface area contributed by atoms with Crippen LogP contribution in [0.2, 0.25) is 0 Å². The zero-order chi connectivity index (χ0) is 24.0. The molecule has 0 N–H and O–H groups in total. The van der Waals surface area contributed by atoms with Crippen molar-refractivity contribution >= 4 is 11.9 Å². The quantitative estimate of drug-likeness (QED) is 0.156. The topological polar surface area (TPSA) is 52.6 Å². The highest BCUT2D eigenvalue weighted by Gasteiger charge is 2.62. The van der Waals surface area contributed by atoms with Crippen molar-refractivity contribution in [1.82, 2.24) is 0 Å². The van der Waals surface area contributed by atoms with E-state index in [4.69, 9.17) is 9.47 Å². The Morgan fingerprint density at radius 3 is 1.84 bits per heavy atom. The number of carbonyl (C=O) groups excluding carboxylic acids is 2. The van der Waals surface area contributed by atoms with Crippen molar-refractivity contribution in [3.05, 3.63) is 25.3 Å². The molecule has 4 heteroatoms. The van der Waals surface area contributed by atoms with Gasteiger partial charge in [0.05, 0.1) is 6.61 Å². The van der Waals surface area contributed by atoms with E-state index in [1.165, 1.54) is 82.8 Å². The number of fused-ring (bicyclic) bond motifs is 2. The first kappa shape index (κ1) is 28.5. The van der Waals surface area contributed by atoms with Crippen molar-refractivity contribution in [3.8, 4) is 0 Å². The summed E-state index contributed by atoms with van der Waals surface area (Å²) in [5.41, 5.74) is 0.468. The van der Waals surface area contributed by atoms with Gasteiger partial charge in [-0.25, -0.2) is 9.59 Å². The molecule has 0 saturated heterocycles. The van der Waals surface area contributed by atoms with Crippen LogP contribution in [-0.2, 0) is 19.1 Å². The summed E-state index contributed by atoms with van der Waals surface area (Å²) in [5.74, 6) is 0.135. The molecule has 0 amide bonds. The van der Waals surface area contributed by atoms with Crippen LogP contribution in [-0.4, -0.2) is 24.6 Å². The monoisotopic (exact) mass is 448 g/mol.